The summed E-state index contributed by atoms with van der Waals surface area (Å²) in [6.07, 6.45) is 0.554. The summed E-state index contributed by atoms with van der Waals surface area (Å²) in [7, 11) is 0. The maximum atomic E-state index is 12.9. The fraction of sp³-hybridized carbons (Fsp3) is 0.154. The van der Waals surface area contributed by atoms with E-state index >= 15 is 0 Å². The topological polar surface area (TPSA) is 95.6 Å². The Balaban J connectivity index is 1.53. The van der Waals surface area contributed by atoms with Gasteiger partial charge in [-0.05, 0) is 54.8 Å². The van der Waals surface area contributed by atoms with E-state index in [-0.39, 0.29) is 29.5 Å². The molecule has 1 heterocycles. The number of imide groups is 1. The Morgan fingerprint density at radius 2 is 1.55 bits per heavy atom. The minimum Gasteiger partial charge on any atom is -0.325 e. The van der Waals surface area contributed by atoms with Gasteiger partial charge in [-0.15, -0.1) is 0 Å². The molecule has 7 heteroatoms. The molecule has 0 saturated carbocycles. The minimum atomic E-state index is -0.446. The molecule has 0 aliphatic carbocycles. The average Bonchev–Trinajstić information content (AvgIpc) is 3.03. The number of aryl methyl sites for hydroxylation is 1. The van der Waals surface area contributed by atoms with Gasteiger partial charge in [-0.25, -0.2) is 0 Å². The molecule has 7 nitrogen and oxygen atoms in total. The number of carbonyl (C=O) groups is 4. The van der Waals surface area contributed by atoms with Crippen LogP contribution < -0.4 is 10.6 Å². The predicted octanol–water partition coefficient (Wildman–Crippen LogP) is 4.04. The number of hydrogen-bond donors (Lipinski definition) is 2. The zero-order chi connectivity index (χ0) is 23.5. The van der Waals surface area contributed by atoms with Gasteiger partial charge >= 0.3 is 0 Å². The number of fused-ring (bicyclic) bond motifs is 1. The second-order valence-electron chi connectivity index (χ2n) is 7.94. The summed E-state index contributed by atoms with van der Waals surface area (Å²) >= 11 is 0. The first kappa shape index (κ1) is 22.0. The lowest BCUT2D eigenvalue weighted by molar-refractivity contribution is -0.114. The molecule has 0 fully saturated rings. The van der Waals surface area contributed by atoms with E-state index < -0.39 is 11.8 Å². The first-order valence-corrected chi connectivity index (χ1v) is 10.6. The SMILES string of the molecule is CC(=O)Nc1ccc(C)cc1NC(=O)c1ccc2c(c1)C(=O)N(CCc1ccccc1)C2=O. The maximum absolute atomic E-state index is 12.9. The van der Waals surface area contributed by atoms with Gasteiger partial charge in [0.2, 0.25) is 5.91 Å². The molecule has 1 aliphatic rings. The van der Waals surface area contributed by atoms with Gasteiger partial charge in [0.05, 0.1) is 22.5 Å². The van der Waals surface area contributed by atoms with Crippen molar-refractivity contribution in [2.75, 3.05) is 17.2 Å². The Morgan fingerprint density at radius 1 is 0.818 bits per heavy atom. The highest BCUT2D eigenvalue weighted by atomic mass is 16.2. The second kappa shape index (κ2) is 9.08. The van der Waals surface area contributed by atoms with Crippen LogP contribution in [0.3, 0.4) is 0 Å². The zero-order valence-corrected chi connectivity index (χ0v) is 18.3. The molecule has 0 radical (unpaired) electrons. The van der Waals surface area contributed by atoms with Gasteiger partial charge in [0.1, 0.15) is 0 Å². The van der Waals surface area contributed by atoms with Gasteiger partial charge in [-0.3, -0.25) is 24.1 Å². The monoisotopic (exact) mass is 441 g/mol. The van der Waals surface area contributed by atoms with Crippen LogP contribution in [0, 0.1) is 6.92 Å². The van der Waals surface area contributed by atoms with Crippen LogP contribution in [0.5, 0.6) is 0 Å². The van der Waals surface area contributed by atoms with Gasteiger partial charge < -0.3 is 10.6 Å². The third-order valence-electron chi connectivity index (χ3n) is 5.43. The van der Waals surface area contributed by atoms with Crippen molar-refractivity contribution in [2.24, 2.45) is 0 Å². The average molecular weight is 441 g/mol. The molecule has 0 bridgehead atoms. The molecule has 4 rings (SSSR count). The molecule has 33 heavy (non-hydrogen) atoms. The van der Waals surface area contributed by atoms with E-state index in [9.17, 15) is 19.2 Å². The summed E-state index contributed by atoms with van der Waals surface area (Å²) in [5, 5.41) is 5.47. The number of carbonyl (C=O) groups excluding carboxylic acids is 4. The quantitative estimate of drug-likeness (QED) is 0.564. The summed E-state index contributed by atoms with van der Waals surface area (Å²) in [4.78, 5) is 51.3. The van der Waals surface area contributed by atoms with Crippen LogP contribution in [0.4, 0.5) is 11.4 Å². The van der Waals surface area contributed by atoms with Gasteiger partial charge in [-0.1, -0.05) is 36.4 Å². The summed E-state index contributed by atoms with van der Waals surface area (Å²) in [6, 6.07) is 19.4. The molecule has 1 aliphatic heterocycles. The standard InChI is InChI=1S/C26H23N3O4/c1-16-8-11-22(27-17(2)30)23(14-16)28-24(31)19-9-10-20-21(15-19)26(33)29(25(20)32)13-12-18-6-4-3-5-7-18/h3-11,14-15H,12-13H2,1-2H3,(H,27,30)(H,28,31). The van der Waals surface area contributed by atoms with Crippen LogP contribution in [0.1, 0.15) is 49.1 Å². The van der Waals surface area contributed by atoms with Gasteiger partial charge in [-0.2, -0.15) is 0 Å². The maximum Gasteiger partial charge on any atom is 0.261 e. The number of nitrogens with zero attached hydrogens (tertiary/aromatic N) is 1. The van der Waals surface area contributed by atoms with Crippen molar-refractivity contribution in [1.82, 2.24) is 4.90 Å². The summed E-state index contributed by atoms with van der Waals surface area (Å²) in [6.45, 7) is 3.52. The molecule has 4 amide bonds. The lowest BCUT2D eigenvalue weighted by atomic mass is 10.0. The number of amides is 4. The Bertz CT molecular complexity index is 1270. The fourth-order valence-electron chi connectivity index (χ4n) is 3.78. The number of benzene rings is 3. The molecule has 0 saturated heterocycles. The summed E-state index contributed by atoms with van der Waals surface area (Å²) in [5.74, 6) is -1.47. The van der Waals surface area contributed by atoms with Crippen LogP contribution in [0.15, 0.2) is 66.7 Å². The first-order valence-electron chi connectivity index (χ1n) is 10.6. The number of nitrogens with one attached hydrogen (secondary N) is 2. The van der Waals surface area contributed by atoms with Crippen LogP contribution in [-0.4, -0.2) is 35.1 Å². The Labute approximate surface area is 191 Å². The van der Waals surface area contributed by atoms with E-state index in [1.54, 1.807) is 12.1 Å². The van der Waals surface area contributed by atoms with E-state index in [0.717, 1.165) is 11.1 Å². The number of anilines is 2. The van der Waals surface area contributed by atoms with Crippen molar-refractivity contribution < 1.29 is 19.2 Å². The van der Waals surface area contributed by atoms with E-state index in [1.165, 1.54) is 30.0 Å². The lowest BCUT2D eigenvalue weighted by Gasteiger charge is -2.13. The number of rotatable bonds is 6. The van der Waals surface area contributed by atoms with Crippen molar-refractivity contribution in [1.29, 1.82) is 0 Å². The van der Waals surface area contributed by atoms with Crippen molar-refractivity contribution in [2.45, 2.75) is 20.3 Å². The van der Waals surface area contributed by atoms with Crippen LogP contribution >= 0.6 is 0 Å². The van der Waals surface area contributed by atoms with Gasteiger partial charge in [0.15, 0.2) is 0 Å². The molecule has 0 spiro atoms. The fourth-order valence-corrected chi connectivity index (χ4v) is 3.78. The van der Waals surface area contributed by atoms with Crippen molar-refractivity contribution in [3.8, 4) is 0 Å². The van der Waals surface area contributed by atoms with E-state index in [1.807, 2.05) is 43.3 Å². The van der Waals surface area contributed by atoms with E-state index in [2.05, 4.69) is 10.6 Å². The highest BCUT2D eigenvalue weighted by molar-refractivity contribution is 6.22. The van der Waals surface area contributed by atoms with E-state index in [4.69, 9.17) is 0 Å². The predicted molar refractivity (Wildman–Crippen MR) is 125 cm³/mol. The molecule has 3 aromatic carbocycles. The minimum absolute atomic E-state index is 0.215. The van der Waals surface area contributed by atoms with Gasteiger partial charge in [0.25, 0.3) is 17.7 Å². The Kier molecular flexibility index (Phi) is 6.04. The summed E-state index contributed by atoms with van der Waals surface area (Å²) in [5.41, 5.74) is 3.61. The van der Waals surface area contributed by atoms with Crippen molar-refractivity contribution >= 4 is 35.0 Å². The van der Waals surface area contributed by atoms with Crippen molar-refractivity contribution in [3.05, 3.63) is 94.5 Å². The Morgan fingerprint density at radius 3 is 2.27 bits per heavy atom. The largest absolute Gasteiger partial charge is 0.325 e. The van der Waals surface area contributed by atoms with Crippen LogP contribution in [-0.2, 0) is 11.2 Å². The molecular formula is C26H23N3O4. The Hall–Kier alpha value is -4.26. The smallest absolute Gasteiger partial charge is 0.261 e. The third kappa shape index (κ3) is 4.67. The summed E-state index contributed by atoms with van der Waals surface area (Å²) < 4.78 is 0. The molecule has 0 unspecified atom stereocenters. The molecule has 0 aromatic heterocycles. The van der Waals surface area contributed by atoms with Crippen LogP contribution in [0.2, 0.25) is 0 Å². The van der Waals surface area contributed by atoms with Crippen molar-refractivity contribution in [3.63, 3.8) is 0 Å². The first-order chi connectivity index (χ1) is 15.8. The molecular weight excluding hydrogens is 418 g/mol. The zero-order valence-electron chi connectivity index (χ0n) is 18.3. The highest BCUT2D eigenvalue weighted by Crippen LogP contribution is 2.27. The van der Waals surface area contributed by atoms with Gasteiger partial charge in [0, 0.05) is 19.0 Å². The van der Waals surface area contributed by atoms with E-state index in [0.29, 0.717) is 23.4 Å². The molecule has 2 N–H and O–H groups in total. The molecule has 166 valence electrons. The second-order valence-corrected chi connectivity index (χ2v) is 7.94. The molecule has 3 aromatic rings. The number of hydrogen-bond acceptors (Lipinski definition) is 4. The molecule has 0 atom stereocenters. The lowest BCUT2D eigenvalue weighted by Crippen LogP contribution is -2.31. The normalized spacial score (nSPS) is 12.5. The highest BCUT2D eigenvalue weighted by Gasteiger charge is 2.35. The van der Waals surface area contributed by atoms with Crippen LogP contribution in [0.25, 0.3) is 0 Å². The third-order valence-corrected chi connectivity index (χ3v) is 5.43.